The summed E-state index contributed by atoms with van der Waals surface area (Å²) in [4.78, 5) is 28.1. The number of nitrogens with two attached hydrogens (primary N) is 2. The largest absolute Gasteiger partial charge is 0.394 e. The van der Waals surface area contributed by atoms with Gasteiger partial charge >= 0.3 is 0 Å². The predicted molar refractivity (Wildman–Crippen MR) is 192 cm³/mol. The van der Waals surface area contributed by atoms with E-state index in [1.165, 1.54) is 114 Å². The summed E-state index contributed by atoms with van der Waals surface area (Å²) in [7, 11) is 0. The molecule has 0 radical (unpaired) electrons. The summed E-state index contributed by atoms with van der Waals surface area (Å²) in [5.41, 5.74) is 12.4. The molecule has 0 unspecified atom stereocenters. The van der Waals surface area contributed by atoms with Crippen LogP contribution >= 0.6 is 0 Å². The van der Waals surface area contributed by atoms with E-state index in [0.29, 0.717) is 12.8 Å². The molecule has 1 aliphatic heterocycles. The van der Waals surface area contributed by atoms with E-state index < -0.39 is 49.0 Å². The van der Waals surface area contributed by atoms with Crippen molar-refractivity contribution in [2.45, 2.75) is 205 Å². The molecule has 1 rings (SSSR count). The predicted octanol–water partition coefficient (Wildman–Crippen LogP) is 6.87. The molecule has 1 heterocycles. The van der Waals surface area contributed by atoms with Gasteiger partial charge in [-0.1, -0.05) is 162 Å². The summed E-state index contributed by atoms with van der Waals surface area (Å²) in [6, 6.07) is 0. The number of rotatable bonds is 31. The average molecular weight is 670 g/mol. The second kappa shape index (κ2) is 27.7. The molecule has 1 fully saturated rings. The van der Waals surface area contributed by atoms with Crippen LogP contribution in [-0.4, -0.2) is 75.8 Å². The minimum Gasteiger partial charge on any atom is -0.394 e. The number of aliphatic hydroxyl groups is 3. The first kappa shape index (κ1) is 43.9. The lowest BCUT2D eigenvalue weighted by Gasteiger charge is -2.52. The molecule has 0 aliphatic carbocycles. The lowest BCUT2D eigenvalue weighted by atomic mass is 9.82. The topological polar surface area (TPSA) is 159 Å². The molecule has 0 spiro atoms. The Balaban J connectivity index is 2.61. The van der Waals surface area contributed by atoms with Crippen molar-refractivity contribution in [1.29, 1.82) is 0 Å². The van der Waals surface area contributed by atoms with E-state index in [4.69, 9.17) is 16.2 Å². The number of aliphatic hydroxyl groups excluding tert-OH is 3. The summed E-state index contributed by atoms with van der Waals surface area (Å²) >= 11 is 0. The smallest absolute Gasteiger partial charge is 0.225 e. The summed E-state index contributed by atoms with van der Waals surface area (Å²) in [6.07, 6.45) is 25.7. The first-order valence-corrected chi connectivity index (χ1v) is 19.7. The van der Waals surface area contributed by atoms with Crippen LogP contribution < -0.4 is 11.5 Å². The van der Waals surface area contributed by atoms with Gasteiger partial charge in [-0.2, -0.15) is 0 Å². The van der Waals surface area contributed by atoms with E-state index in [0.717, 1.165) is 38.5 Å². The second-order valence-electron chi connectivity index (χ2n) is 14.1. The third kappa shape index (κ3) is 17.4. The number of hydrogen-bond donors (Lipinski definition) is 5. The summed E-state index contributed by atoms with van der Waals surface area (Å²) < 4.78 is 5.94. The molecule has 5 atom stereocenters. The van der Waals surface area contributed by atoms with Gasteiger partial charge in [0.2, 0.25) is 11.8 Å². The molecular formula is C38H75N3O6. The molecule has 0 bridgehead atoms. The Bertz CT molecular complexity index is 787. The van der Waals surface area contributed by atoms with E-state index in [2.05, 4.69) is 13.8 Å². The normalized spacial score (nSPS) is 22.9. The van der Waals surface area contributed by atoms with Gasteiger partial charge in [0, 0.05) is 13.0 Å². The highest BCUT2D eigenvalue weighted by atomic mass is 16.6. The minimum absolute atomic E-state index is 0.242. The number of carbonyl (C=O) groups excluding carboxylic acids is 2. The zero-order valence-electron chi connectivity index (χ0n) is 30.5. The number of ketones is 1. The molecule has 1 amide bonds. The number of Topliss-reactive ketones (excluding diaryl/α,β-unsaturated/α-hetero) is 1. The van der Waals surface area contributed by atoms with E-state index >= 15 is 0 Å². The van der Waals surface area contributed by atoms with Gasteiger partial charge in [0.1, 0.15) is 18.1 Å². The van der Waals surface area contributed by atoms with Crippen molar-refractivity contribution in [3.05, 3.63) is 0 Å². The van der Waals surface area contributed by atoms with Crippen LogP contribution in [0.3, 0.4) is 0 Å². The van der Waals surface area contributed by atoms with Crippen LogP contribution in [0.15, 0.2) is 0 Å². The minimum atomic E-state index is -2.01. The number of hydrogen-bond acceptors (Lipinski definition) is 8. The molecule has 278 valence electrons. The zero-order chi connectivity index (χ0) is 34.8. The van der Waals surface area contributed by atoms with Crippen LogP contribution in [0.5, 0.6) is 0 Å². The Morgan fingerprint density at radius 1 is 0.638 bits per heavy atom. The molecule has 0 saturated carbocycles. The number of nitrogens with zero attached hydrogens (tertiary/aromatic N) is 1. The van der Waals surface area contributed by atoms with Crippen LogP contribution in [-0.2, 0) is 14.3 Å². The number of ether oxygens (including phenoxy) is 1. The molecule has 1 saturated heterocycles. The maximum Gasteiger partial charge on any atom is 0.225 e. The van der Waals surface area contributed by atoms with Crippen LogP contribution in [0, 0.1) is 5.92 Å². The van der Waals surface area contributed by atoms with Gasteiger partial charge in [-0.15, -0.1) is 0 Å². The van der Waals surface area contributed by atoms with Gasteiger partial charge in [-0.25, -0.2) is 0 Å². The van der Waals surface area contributed by atoms with Gasteiger partial charge in [0.25, 0.3) is 0 Å². The quantitative estimate of drug-likeness (QED) is 0.0395. The summed E-state index contributed by atoms with van der Waals surface area (Å²) in [5, 5.41) is 31.3. The zero-order valence-corrected chi connectivity index (χ0v) is 30.5. The molecule has 1 aliphatic rings. The number of amides is 1. The monoisotopic (exact) mass is 670 g/mol. The fraction of sp³-hybridized carbons (Fsp3) is 0.947. The van der Waals surface area contributed by atoms with E-state index in [9.17, 15) is 24.9 Å². The maximum absolute atomic E-state index is 13.7. The Labute approximate surface area is 287 Å². The third-order valence-electron chi connectivity index (χ3n) is 10.0. The SMILES string of the molecule is CCCCCCCCCCCCCCCCCC(=O)N(CCCCCCCCCCCC)[C@]1(N)O[C@H](CO)[C@H](O)[C@H](O)[C@H]1C(=O)CN. The van der Waals surface area contributed by atoms with Crippen molar-refractivity contribution in [1.82, 2.24) is 4.90 Å². The van der Waals surface area contributed by atoms with Crippen molar-refractivity contribution in [3.8, 4) is 0 Å². The van der Waals surface area contributed by atoms with Crippen molar-refractivity contribution < 1.29 is 29.6 Å². The Morgan fingerprint density at radius 2 is 1.02 bits per heavy atom. The Morgan fingerprint density at radius 3 is 1.40 bits per heavy atom. The highest BCUT2D eigenvalue weighted by molar-refractivity contribution is 5.86. The van der Waals surface area contributed by atoms with Gasteiger partial charge in [0.15, 0.2) is 5.78 Å². The Kier molecular flexibility index (Phi) is 25.9. The molecule has 0 aromatic carbocycles. The van der Waals surface area contributed by atoms with Crippen molar-refractivity contribution in [2.75, 3.05) is 19.7 Å². The molecule has 9 nitrogen and oxygen atoms in total. The molecule has 0 aromatic heterocycles. The fourth-order valence-corrected chi connectivity index (χ4v) is 7.01. The summed E-state index contributed by atoms with van der Waals surface area (Å²) in [5.74, 6) is -4.26. The average Bonchev–Trinajstić information content (AvgIpc) is 3.06. The van der Waals surface area contributed by atoms with E-state index in [1.54, 1.807) is 0 Å². The standard InChI is InChI=1S/C38H75N3O6/c1-3-5-7-9-11-13-15-16-17-18-19-20-22-24-26-28-34(44)41(29-27-25-23-21-14-12-10-8-6-4-2)38(40)35(32(43)30-39)37(46)36(45)33(31-42)47-38/h33,35-37,42,45-46H,3-31,39-40H2,1-2H3/t33-,35-,36+,37-,38+/m1/s1. The highest BCUT2D eigenvalue weighted by Crippen LogP contribution is 2.36. The Hall–Kier alpha value is -1.10. The van der Waals surface area contributed by atoms with E-state index in [-0.39, 0.29) is 18.9 Å². The van der Waals surface area contributed by atoms with Crippen LogP contribution in [0.2, 0.25) is 0 Å². The van der Waals surface area contributed by atoms with E-state index in [1.807, 2.05) is 0 Å². The van der Waals surface area contributed by atoms with Crippen molar-refractivity contribution >= 4 is 11.7 Å². The third-order valence-corrected chi connectivity index (χ3v) is 10.0. The van der Waals surface area contributed by atoms with Crippen molar-refractivity contribution in [3.63, 3.8) is 0 Å². The molecule has 0 aromatic rings. The van der Waals surface area contributed by atoms with Gasteiger partial charge in [-0.3, -0.25) is 15.3 Å². The molecule has 7 N–H and O–H groups in total. The van der Waals surface area contributed by atoms with Gasteiger partial charge in [0.05, 0.1) is 19.3 Å². The van der Waals surface area contributed by atoms with Crippen LogP contribution in [0.1, 0.15) is 181 Å². The van der Waals surface area contributed by atoms with Crippen molar-refractivity contribution in [2.24, 2.45) is 17.4 Å². The molecule has 9 heteroatoms. The fourth-order valence-electron chi connectivity index (χ4n) is 7.01. The first-order valence-electron chi connectivity index (χ1n) is 19.7. The number of unbranched alkanes of at least 4 members (excludes halogenated alkanes) is 23. The van der Waals surface area contributed by atoms with Gasteiger partial charge in [-0.05, 0) is 12.8 Å². The first-order chi connectivity index (χ1) is 22.8. The van der Waals surface area contributed by atoms with Gasteiger partial charge < -0.3 is 30.7 Å². The van der Waals surface area contributed by atoms with Crippen LogP contribution in [0.25, 0.3) is 0 Å². The summed E-state index contributed by atoms with van der Waals surface area (Å²) in [6.45, 7) is 3.72. The lowest BCUT2D eigenvalue weighted by Crippen LogP contribution is -2.75. The number of carbonyl (C=O) groups is 2. The second-order valence-corrected chi connectivity index (χ2v) is 14.1. The lowest BCUT2D eigenvalue weighted by molar-refractivity contribution is -0.291. The maximum atomic E-state index is 13.7. The molecular weight excluding hydrogens is 594 g/mol. The molecule has 47 heavy (non-hydrogen) atoms. The van der Waals surface area contributed by atoms with Crippen LogP contribution in [0.4, 0.5) is 0 Å². The highest BCUT2D eigenvalue weighted by Gasteiger charge is 2.58.